The molecule has 1 amide bonds. The predicted molar refractivity (Wildman–Crippen MR) is 122 cm³/mol. The molecule has 0 atom stereocenters. The summed E-state index contributed by atoms with van der Waals surface area (Å²) in [5, 5.41) is 15.2. The largest absolute Gasteiger partial charge is 0.495 e. The smallest absolute Gasteiger partial charge is 0.251 e. The van der Waals surface area contributed by atoms with E-state index in [4.69, 9.17) is 9.15 Å². The molecule has 4 aromatic rings. The lowest BCUT2D eigenvalue weighted by Crippen LogP contribution is -2.22. The van der Waals surface area contributed by atoms with Crippen molar-refractivity contribution in [1.29, 1.82) is 0 Å². The molecule has 2 aromatic heterocycles. The normalized spacial score (nSPS) is 10.6. The molecule has 0 spiro atoms. The molecule has 0 bridgehead atoms. The Kier molecular flexibility index (Phi) is 6.85. The van der Waals surface area contributed by atoms with Crippen molar-refractivity contribution >= 4 is 39.8 Å². The maximum absolute atomic E-state index is 12.4. The van der Waals surface area contributed by atoms with Gasteiger partial charge in [0.25, 0.3) is 5.91 Å². The lowest BCUT2D eigenvalue weighted by Gasteiger charge is -2.07. The molecular weight excluding hydrogens is 432 g/mol. The Bertz CT molecular complexity index is 1150. The van der Waals surface area contributed by atoms with Gasteiger partial charge >= 0.3 is 0 Å². The van der Waals surface area contributed by atoms with E-state index in [0.29, 0.717) is 28.8 Å². The molecule has 4 rings (SSSR count). The van der Waals surface area contributed by atoms with Crippen LogP contribution in [0.25, 0.3) is 0 Å². The van der Waals surface area contributed by atoms with Gasteiger partial charge in [0.1, 0.15) is 11.5 Å². The molecule has 31 heavy (non-hydrogen) atoms. The van der Waals surface area contributed by atoms with Gasteiger partial charge in [0.2, 0.25) is 5.13 Å². The van der Waals surface area contributed by atoms with Crippen LogP contribution in [0.3, 0.4) is 0 Å². The first-order chi connectivity index (χ1) is 15.2. The van der Waals surface area contributed by atoms with Gasteiger partial charge in [0.15, 0.2) is 4.34 Å². The molecule has 0 aliphatic carbocycles. The second-order valence-corrected chi connectivity index (χ2v) is 8.65. The van der Waals surface area contributed by atoms with Gasteiger partial charge in [0.05, 0.1) is 25.6 Å². The van der Waals surface area contributed by atoms with Crippen LogP contribution in [-0.4, -0.2) is 23.2 Å². The van der Waals surface area contributed by atoms with Crippen LogP contribution < -0.4 is 15.4 Å². The molecule has 158 valence electrons. The zero-order valence-electron chi connectivity index (χ0n) is 16.7. The summed E-state index contributed by atoms with van der Waals surface area (Å²) in [5.74, 6) is 2.01. The summed E-state index contributed by atoms with van der Waals surface area (Å²) in [5.41, 5.74) is 2.48. The van der Waals surface area contributed by atoms with Crippen molar-refractivity contribution in [2.75, 3.05) is 12.4 Å². The van der Waals surface area contributed by atoms with E-state index in [2.05, 4.69) is 20.8 Å². The zero-order valence-corrected chi connectivity index (χ0v) is 18.3. The van der Waals surface area contributed by atoms with Crippen LogP contribution in [0.1, 0.15) is 21.7 Å². The van der Waals surface area contributed by atoms with Gasteiger partial charge in [-0.15, -0.1) is 10.2 Å². The molecule has 0 radical (unpaired) electrons. The van der Waals surface area contributed by atoms with Gasteiger partial charge in [0, 0.05) is 11.3 Å². The van der Waals surface area contributed by atoms with Crippen molar-refractivity contribution < 1.29 is 13.9 Å². The van der Waals surface area contributed by atoms with E-state index in [1.165, 1.54) is 11.3 Å². The number of nitrogens with zero attached hydrogens (tertiary/aromatic N) is 2. The third-order valence-electron chi connectivity index (χ3n) is 4.31. The average Bonchev–Trinajstić information content (AvgIpc) is 3.49. The number of hydrogen-bond acceptors (Lipinski definition) is 8. The zero-order chi connectivity index (χ0) is 21.5. The first-order valence-corrected chi connectivity index (χ1v) is 11.3. The third kappa shape index (κ3) is 5.65. The average molecular weight is 453 g/mol. The number of rotatable bonds is 9. The molecule has 0 aliphatic heterocycles. The molecule has 9 heteroatoms. The Balaban J connectivity index is 1.33. The summed E-state index contributed by atoms with van der Waals surface area (Å²) < 4.78 is 11.4. The predicted octanol–water partition coefficient (Wildman–Crippen LogP) is 5.11. The number of nitrogens with one attached hydrogen (secondary N) is 2. The number of methoxy groups -OCH3 is 1. The van der Waals surface area contributed by atoms with E-state index in [0.717, 1.165) is 21.3 Å². The highest BCUT2D eigenvalue weighted by molar-refractivity contribution is 8.00. The quantitative estimate of drug-likeness (QED) is 0.341. The first-order valence-electron chi connectivity index (χ1n) is 9.47. The maximum atomic E-state index is 12.4. The number of benzene rings is 2. The Morgan fingerprint density at radius 2 is 2.03 bits per heavy atom. The van der Waals surface area contributed by atoms with Crippen molar-refractivity contribution in [3.63, 3.8) is 0 Å². The van der Waals surface area contributed by atoms with Crippen LogP contribution in [0, 0.1) is 0 Å². The summed E-state index contributed by atoms with van der Waals surface area (Å²) in [6.45, 7) is 0.359. The number of aromatic nitrogens is 2. The van der Waals surface area contributed by atoms with Crippen LogP contribution in [0.4, 0.5) is 10.8 Å². The van der Waals surface area contributed by atoms with E-state index in [1.54, 1.807) is 37.3 Å². The maximum Gasteiger partial charge on any atom is 0.251 e. The number of thioether (sulfide) groups is 1. The minimum absolute atomic E-state index is 0.137. The summed E-state index contributed by atoms with van der Waals surface area (Å²) in [6, 6.07) is 18.8. The van der Waals surface area contributed by atoms with Crippen molar-refractivity contribution in [2.24, 2.45) is 0 Å². The highest BCUT2D eigenvalue weighted by atomic mass is 32.2. The number of anilines is 2. The molecule has 0 unspecified atom stereocenters. The van der Waals surface area contributed by atoms with E-state index >= 15 is 0 Å². The molecule has 7 nitrogen and oxygen atoms in total. The fourth-order valence-corrected chi connectivity index (χ4v) is 4.52. The van der Waals surface area contributed by atoms with Gasteiger partial charge in [-0.05, 0) is 42.0 Å². The highest BCUT2D eigenvalue weighted by Crippen LogP contribution is 2.32. The van der Waals surface area contributed by atoms with Gasteiger partial charge in [-0.3, -0.25) is 4.79 Å². The minimum Gasteiger partial charge on any atom is -0.495 e. The molecular formula is C22H20N4O3S2. The molecule has 0 fully saturated rings. The van der Waals surface area contributed by atoms with Gasteiger partial charge in [-0.2, -0.15) is 0 Å². The van der Waals surface area contributed by atoms with Crippen LogP contribution in [-0.2, 0) is 12.3 Å². The van der Waals surface area contributed by atoms with Crippen LogP contribution >= 0.6 is 23.1 Å². The molecule has 2 heterocycles. The van der Waals surface area contributed by atoms with Crippen molar-refractivity contribution in [3.8, 4) is 5.75 Å². The monoisotopic (exact) mass is 452 g/mol. The number of furan rings is 1. The number of carbonyl (C=O) groups is 1. The highest BCUT2D eigenvalue weighted by Gasteiger charge is 2.10. The number of hydrogen-bond donors (Lipinski definition) is 2. The standard InChI is InChI=1S/C22H20N4O3S2/c1-28-19-10-3-2-9-18(19)24-21-25-26-22(31-21)30-14-15-6-4-7-16(12-15)20(27)23-13-17-8-5-11-29-17/h2-12H,13-14H2,1H3,(H,23,27)(H,24,25). The van der Waals surface area contributed by atoms with Gasteiger partial charge in [-0.25, -0.2) is 0 Å². The summed E-state index contributed by atoms with van der Waals surface area (Å²) in [7, 11) is 1.63. The van der Waals surface area contributed by atoms with E-state index in [9.17, 15) is 4.79 Å². The van der Waals surface area contributed by atoms with Crippen molar-refractivity contribution in [2.45, 2.75) is 16.6 Å². The molecule has 0 aliphatic rings. The lowest BCUT2D eigenvalue weighted by atomic mass is 10.1. The fraction of sp³-hybridized carbons (Fsp3) is 0.136. The van der Waals surface area contributed by atoms with Crippen LogP contribution in [0.5, 0.6) is 5.75 Å². The Hall–Kier alpha value is -3.30. The fourth-order valence-electron chi connectivity index (χ4n) is 2.81. The Labute approximate surface area is 187 Å². The second kappa shape index (κ2) is 10.1. The number of ether oxygens (including phenoxy) is 1. The Morgan fingerprint density at radius 3 is 2.87 bits per heavy atom. The summed E-state index contributed by atoms with van der Waals surface area (Å²) >= 11 is 3.04. The molecule has 0 saturated carbocycles. The van der Waals surface area contributed by atoms with Crippen LogP contribution in [0.2, 0.25) is 0 Å². The summed E-state index contributed by atoms with van der Waals surface area (Å²) in [6.07, 6.45) is 1.59. The van der Waals surface area contributed by atoms with Crippen LogP contribution in [0.15, 0.2) is 75.7 Å². The lowest BCUT2D eigenvalue weighted by molar-refractivity contribution is 0.0948. The Morgan fingerprint density at radius 1 is 1.13 bits per heavy atom. The second-order valence-electron chi connectivity index (χ2n) is 6.45. The summed E-state index contributed by atoms with van der Waals surface area (Å²) in [4.78, 5) is 12.4. The SMILES string of the molecule is COc1ccccc1Nc1nnc(SCc2cccc(C(=O)NCc3ccco3)c2)s1. The van der Waals surface area contributed by atoms with E-state index < -0.39 is 0 Å². The third-order valence-corrected chi connectivity index (χ3v) is 6.35. The number of carbonyl (C=O) groups excluding carboxylic acids is 1. The van der Waals surface area contributed by atoms with Crippen molar-refractivity contribution in [1.82, 2.24) is 15.5 Å². The van der Waals surface area contributed by atoms with Gasteiger partial charge in [-0.1, -0.05) is 47.4 Å². The van der Waals surface area contributed by atoms with E-state index in [1.807, 2.05) is 48.5 Å². The molecule has 0 saturated heterocycles. The number of amides is 1. The molecule has 2 aromatic carbocycles. The number of para-hydroxylation sites is 2. The van der Waals surface area contributed by atoms with Gasteiger partial charge < -0.3 is 19.8 Å². The van der Waals surface area contributed by atoms with E-state index in [-0.39, 0.29) is 5.91 Å². The topological polar surface area (TPSA) is 89.3 Å². The minimum atomic E-state index is -0.137. The first kappa shape index (κ1) is 21.0. The van der Waals surface area contributed by atoms with Crippen molar-refractivity contribution in [3.05, 3.63) is 83.8 Å². The molecule has 2 N–H and O–H groups in total.